The molecular weight excluding hydrogens is 314 g/mol. The molecule has 1 atom stereocenters. The van der Waals surface area contributed by atoms with Crippen molar-refractivity contribution in [2.24, 2.45) is 0 Å². The maximum Gasteiger partial charge on any atom is 0.226 e. The second kappa shape index (κ2) is 7.68. The molecule has 1 aromatic carbocycles. The lowest BCUT2D eigenvalue weighted by Crippen LogP contribution is -2.48. The fourth-order valence-corrected chi connectivity index (χ4v) is 3.70. The Labute approximate surface area is 149 Å². The largest absolute Gasteiger partial charge is 0.441 e. The number of benzene rings is 1. The van der Waals surface area contributed by atoms with Crippen LogP contribution in [0, 0.1) is 6.92 Å². The van der Waals surface area contributed by atoms with Gasteiger partial charge in [-0.25, -0.2) is 4.98 Å². The summed E-state index contributed by atoms with van der Waals surface area (Å²) in [5, 5.41) is 0. The van der Waals surface area contributed by atoms with E-state index in [0.717, 1.165) is 68.8 Å². The Morgan fingerprint density at radius 3 is 2.56 bits per heavy atom. The van der Waals surface area contributed by atoms with E-state index in [9.17, 15) is 0 Å². The third kappa shape index (κ3) is 4.11. The van der Waals surface area contributed by atoms with E-state index < -0.39 is 0 Å². The first-order valence-electron chi connectivity index (χ1n) is 9.36. The van der Waals surface area contributed by atoms with Crippen molar-refractivity contribution in [2.75, 3.05) is 39.3 Å². The van der Waals surface area contributed by atoms with Crippen LogP contribution in [-0.4, -0.2) is 60.2 Å². The molecule has 4 rings (SSSR count). The van der Waals surface area contributed by atoms with Gasteiger partial charge in [-0.05, 0) is 31.9 Å². The Balaban J connectivity index is 1.32. The molecule has 0 radical (unpaired) electrons. The van der Waals surface area contributed by atoms with Crippen LogP contribution >= 0.6 is 0 Å². The summed E-state index contributed by atoms with van der Waals surface area (Å²) in [6, 6.07) is 10.1. The first-order valence-corrected chi connectivity index (χ1v) is 9.36. The molecule has 0 aliphatic carbocycles. The number of oxazole rings is 1. The molecule has 3 heterocycles. The lowest BCUT2D eigenvalue weighted by Gasteiger charge is -2.35. The molecular formula is C20H27N3O2. The standard InChI is InChI=1S/C20H27N3O2/c1-16-19(21-20(25-16)17-6-3-2-4-7-17)15-23-11-9-22(10-12-23)14-18-8-5-13-24-18/h2-4,6-7,18H,5,8-15H2,1H3. The lowest BCUT2D eigenvalue weighted by atomic mass is 10.2. The van der Waals surface area contributed by atoms with Crippen LogP contribution in [0.2, 0.25) is 0 Å². The number of ether oxygens (including phenoxy) is 1. The molecule has 2 fully saturated rings. The molecule has 0 saturated carbocycles. The summed E-state index contributed by atoms with van der Waals surface area (Å²) >= 11 is 0. The van der Waals surface area contributed by atoms with Crippen molar-refractivity contribution in [3.63, 3.8) is 0 Å². The van der Waals surface area contributed by atoms with Crippen molar-refractivity contribution in [3.05, 3.63) is 41.8 Å². The highest BCUT2D eigenvalue weighted by molar-refractivity contribution is 5.53. The first-order chi connectivity index (χ1) is 12.3. The number of aryl methyl sites for hydroxylation is 1. The molecule has 1 unspecified atom stereocenters. The number of aromatic nitrogens is 1. The SMILES string of the molecule is Cc1oc(-c2ccccc2)nc1CN1CCN(CC2CCCO2)CC1. The van der Waals surface area contributed by atoms with Crippen LogP contribution in [0.5, 0.6) is 0 Å². The zero-order valence-corrected chi connectivity index (χ0v) is 15.0. The van der Waals surface area contributed by atoms with E-state index in [-0.39, 0.29) is 0 Å². The average Bonchev–Trinajstić information content (AvgIpc) is 3.28. The van der Waals surface area contributed by atoms with Gasteiger partial charge in [-0.3, -0.25) is 9.80 Å². The van der Waals surface area contributed by atoms with Crippen molar-refractivity contribution in [1.82, 2.24) is 14.8 Å². The zero-order chi connectivity index (χ0) is 17.1. The highest BCUT2D eigenvalue weighted by atomic mass is 16.5. The maximum absolute atomic E-state index is 5.89. The maximum atomic E-state index is 5.89. The van der Waals surface area contributed by atoms with Crippen molar-refractivity contribution < 1.29 is 9.15 Å². The summed E-state index contributed by atoms with van der Waals surface area (Å²) in [4.78, 5) is 9.75. The van der Waals surface area contributed by atoms with Crippen molar-refractivity contribution in [3.8, 4) is 11.5 Å². The smallest absolute Gasteiger partial charge is 0.226 e. The van der Waals surface area contributed by atoms with E-state index in [1.54, 1.807) is 0 Å². The minimum absolute atomic E-state index is 0.456. The molecule has 0 bridgehead atoms. The molecule has 5 nitrogen and oxygen atoms in total. The monoisotopic (exact) mass is 341 g/mol. The average molecular weight is 341 g/mol. The van der Waals surface area contributed by atoms with Gasteiger partial charge in [0.2, 0.25) is 5.89 Å². The molecule has 1 aromatic heterocycles. The third-order valence-corrected chi connectivity index (χ3v) is 5.24. The number of rotatable bonds is 5. The van der Waals surface area contributed by atoms with Crippen LogP contribution in [0.1, 0.15) is 24.3 Å². The predicted octanol–water partition coefficient (Wildman–Crippen LogP) is 2.95. The minimum atomic E-state index is 0.456. The Morgan fingerprint density at radius 2 is 1.84 bits per heavy atom. The van der Waals surface area contributed by atoms with Gasteiger partial charge in [-0.2, -0.15) is 0 Å². The normalized spacial score (nSPS) is 22.5. The van der Waals surface area contributed by atoms with Gasteiger partial charge in [-0.15, -0.1) is 0 Å². The van der Waals surface area contributed by atoms with E-state index in [1.807, 2.05) is 37.3 Å². The Morgan fingerprint density at radius 1 is 1.08 bits per heavy atom. The fourth-order valence-electron chi connectivity index (χ4n) is 3.70. The van der Waals surface area contributed by atoms with Gasteiger partial charge >= 0.3 is 0 Å². The van der Waals surface area contributed by atoms with Crippen molar-refractivity contribution in [1.29, 1.82) is 0 Å². The van der Waals surface area contributed by atoms with Gasteiger partial charge in [0.15, 0.2) is 0 Å². The molecule has 5 heteroatoms. The van der Waals surface area contributed by atoms with Gasteiger partial charge in [0.05, 0.1) is 11.8 Å². The number of hydrogen-bond acceptors (Lipinski definition) is 5. The quantitative estimate of drug-likeness (QED) is 0.836. The number of nitrogens with zero attached hydrogens (tertiary/aromatic N) is 3. The van der Waals surface area contributed by atoms with E-state index >= 15 is 0 Å². The first kappa shape index (κ1) is 16.8. The van der Waals surface area contributed by atoms with Crippen LogP contribution < -0.4 is 0 Å². The molecule has 25 heavy (non-hydrogen) atoms. The van der Waals surface area contributed by atoms with Crippen LogP contribution in [0.3, 0.4) is 0 Å². The predicted molar refractivity (Wildman–Crippen MR) is 97.4 cm³/mol. The number of piperazine rings is 1. The lowest BCUT2D eigenvalue weighted by molar-refractivity contribution is 0.0486. The summed E-state index contributed by atoms with van der Waals surface area (Å²) in [5.74, 6) is 1.66. The van der Waals surface area contributed by atoms with Crippen molar-refractivity contribution >= 4 is 0 Å². The molecule has 134 valence electrons. The Bertz CT molecular complexity index is 672. The second-order valence-electron chi connectivity index (χ2n) is 7.10. The molecule has 2 aliphatic heterocycles. The third-order valence-electron chi connectivity index (χ3n) is 5.24. The highest BCUT2D eigenvalue weighted by Gasteiger charge is 2.24. The van der Waals surface area contributed by atoms with Crippen LogP contribution in [-0.2, 0) is 11.3 Å². The van der Waals surface area contributed by atoms with E-state index in [1.165, 1.54) is 12.8 Å². The second-order valence-corrected chi connectivity index (χ2v) is 7.10. The molecule has 0 N–H and O–H groups in total. The van der Waals surface area contributed by atoms with Gasteiger partial charge in [0, 0.05) is 51.4 Å². The van der Waals surface area contributed by atoms with E-state index in [4.69, 9.17) is 14.1 Å². The molecule has 0 amide bonds. The highest BCUT2D eigenvalue weighted by Crippen LogP contribution is 2.22. The summed E-state index contributed by atoms with van der Waals surface area (Å²) < 4.78 is 11.6. The van der Waals surface area contributed by atoms with E-state index in [0.29, 0.717) is 6.10 Å². The molecule has 2 aliphatic rings. The summed E-state index contributed by atoms with van der Waals surface area (Å²) in [6.07, 6.45) is 2.90. The van der Waals surface area contributed by atoms with Gasteiger partial charge in [0.1, 0.15) is 5.76 Å². The Kier molecular flexibility index (Phi) is 5.15. The van der Waals surface area contributed by atoms with Gasteiger partial charge in [-0.1, -0.05) is 18.2 Å². The molecule has 2 saturated heterocycles. The zero-order valence-electron chi connectivity index (χ0n) is 15.0. The fraction of sp³-hybridized carbons (Fsp3) is 0.550. The number of hydrogen-bond donors (Lipinski definition) is 0. The van der Waals surface area contributed by atoms with E-state index in [2.05, 4.69) is 9.80 Å². The van der Waals surface area contributed by atoms with Crippen LogP contribution in [0.25, 0.3) is 11.5 Å². The summed E-state index contributed by atoms with van der Waals surface area (Å²) in [7, 11) is 0. The molecule has 0 spiro atoms. The Hall–Kier alpha value is -1.69. The van der Waals surface area contributed by atoms with Gasteiger partial charge in [0.25, 0.3) is 0 Å². The van der Waals surface area contributed by atoms with Crippen LogP contribution in [0.15, 0.2) is 34.7 Å². The topological polar surface area (TPSA) is 41.7 Å². The van der Waals surface area contributed by atoms with Crippen molar-refractivity contribution in [2.45, 2.75) is 32.4 Å². The minimum Gasteiger partial charge on any atom is -0.441 e. The van der Waals surface area contributed by atoms with Crippen LogP contribution in [0.4, 0.5) is 0 Å². The summed E-state index contributed by atoms with van der Waals surface area (Å²) in [5.41, 5.74) is 2.10. The van der Waals surface area contributed by atoms with Gasteiger partial charge < -0.3 is 9.15 Å². The summed E-state index contributed by atoms with van der Waals surface area (Å²) in [6.45, 7) is 9.32. The molecule has 2 aromatic rings.